The predicted molar refractivity (Wildman–Crippen MR) is 75.7 cm³/mol. The molecule has 1 heterocycles. The maximum Gasteiger partial charge on any atom is 0.0951 e. The first-order chi connectivity index (χ1) is 9.31. The number of hydrogen-bond donors (Lipinski definition) is 1. The number of aromatic nitrogens is 2. The number of nitrogens with zero attached hydrogens (tertiary/aromatic N) is 2. The summed E-state index contributed by atoms with van der Waals surface area (Å²) in [7, 11) is 0. The monoisotopic (exact) mass is 259 g/mol. The molecule has 1 aromatic rings. The molecule has 4 rings (SSSR count). The first kappa shape index (κ1) is 12.0. The average molecular weight is 259 g/mol. The molecule has 3 saturated carbocycles. The quantitative estimate of drug-likeness (QED) is 0.880. The van der Waals surface area contributed by atoms with E-state index in [1.54, 1.807) is 0 Å². The van der Waals surface area contributed by atoms with Crippen molar-refractivity contribution in [3.63, 3.8) is 0 Å². The van der Waals surface area contributed by atoms with Crippen LogP contribution in [0.3, 0.4) is 0 Å². The summed E-state index contributed by atoms with van der Waals surface area (Å²) in [6, 6.07) is 1.41. The van der Waals surface area contributed by atoms with E-state index in [0.717, 1.165) is 30.3 Å². The molecule has 2 bridgehead atoms. The highest BCUT2D eigenvalue weighted by molar-refractivity contribution is 5.04. The lowest BCUT2D eigenvalue weighted by molar-refractivity contribution is 0.258. The van der Waals surface area contributed by atoms with Crippen LogP contribution in [0.1, 0.15) is 57.2 Å². The summed E-state index contributed by atoms with van der Waals surface area (Å²) < 4.78 is 2.38. The molecule has 0 saturated heterocycles. The normalized spacial score (nSPS) is 34.9. The van der Waals surface area contributed by atoms with Gasteiger partial charge in [-0.1, -0.05) is 6.42 Å². The molecule has 0 aliphatic heterocycles. The van der Waals surface area contributed by atoms with Crippen LogP contribution in [0.25, 0.3) is 0 Å². The molecular formula is C16H25N3. The van der Waals surface area contributed by atoms with Crippen molar-refractivity contribution in [1.82, 2.24) is 14.9 Å². The van der Waals surface area contributed by atoms with Crippen molar-refractivity contribution in [2.75, 3.05) is 0 Å². The average Bonchev–Trinajstić information content (AvgIpc) is 2.89. The van der Waals surface area contributed by atoms with Crippen LogP contribution in [0, 0.1) is 17.8 Å². The second kappa shape index (κ2) is 4.62. The van der Waals surface area contributed by atoms with Crippen molar-refractivity contribution < 1.29 is 0 Å². The molecule has 3 nitrogen and oxygen atoms in total. The van der Waals surface area contributed by atoms with Gasteiger partial charge in [-0.05, 0) is 56.8 Å². The van der Waals surface area contributed by atoms with Gasteiger partial charge in [0.05, 0.1) is 12.0 Å². The molecule has 104 valence electrons. The Labute approximate surface area is 115 Å². The molecule has 4 atom stereocenters. The van der Waals surface area contributed by atoms with Crippen molar-refractivity contribution in [3.05, 3.63) is 18.2 Å². The van der Waals surface area contributed by atoms with Crippen molar-refractivity contribution in [1.29, 1.82) is 0 Å². The maximum absolute atomic E-state index is 4.32. The van der Waals surface area contributed by atoms with Crippen LogP contribution in [0.15, 0.2) is 12.5 Å². The van der Waals surface area contributed by atoms with Crippen molar-refractivity contribution in [2.24, 2.45) is 17.8 Å². The second-order valence-electron chi connectivity index (χ2n) is 7.03. The Balaban J connectivity index is 1.35. The molecule has 3 fully saturated rings. The molecular weight excluding hydrogens is 234 g/mol. The van der Waals surface area contributed by atoms with Gasteiger partial charge in [-0.3, -0.25) is 0 Å². The van der Waals surface area contributed by atoms with Crippen LogP contribution in [0.5, 0.6) is 0 Å². The minimum atomic E-state index is 0.665. The lowest BCUT2D eigenvalue weighted by atomic mass is 9.84. The minimum absolute atomic E-state index is 0.665. The number of hydrogen-bond acceptors (Lipinski definition) is 2. The molecule has 0 spiro atoms. The van der Waals surface area contributed by atoms with E-state index >= 15 is 0 Å². The fraction of sp³-hybridized carbons (Fsp3) is 0.812. The van der Waals surface area contributed by atoms with Gasteiger partial charge in [-0.2, -0.15) is 0 Å². The van der Waals surface area contributed by atoms with Crippen molar-refractivity contribution in [2.45, 2.75) is 64.1 Å². The number of rotatable bonds is 5. The second-order valence-corrected chi connectivity index (χ2v) is 7.03. The maximum atomic E-state index is 4.32. The van der Waals surface area contributed by atoms with E-state index in [0.29, 0.717) is 6.04 Å². The van der Waals surface area contributed by atoms with E-state index in [2.05, 4.69) is 21.8 Å². The standard InChI is InChI=1S/C16H25N3/c1-11(16-7-12-2-3-13(16)6-12)18-9-15-8-17-10-19(15)14-4-5-14/h8,10-14,16,18H,2-7,9H2,1H3. The topological polar surface area (TPSA) is 29.9 Å². The Morgan fingerprint density at radius 3 is 2.89 bits per heavy atom. The minimum Gasteiger partial charge on any atom is -0.330 e. The Hall–Kier alpha value is -0.830. The molecule has 3 aliphatic carbocycles. The summed E-state index contributed by atoms with van der Waals surface area (Å²) in [4.78, 5) is 4.32. The summed E-state index contributed by atoms with van der Waals surface area (Å²) in [5, 5.41) is 3.77. The van der Waals surface area contributed by atoms with Gasteiger partial charge >= 0.3 is 0 Å². The highest BCUT2D eigenvalue weighted by atomic mass is 15.1. The SMILES string of the molecule is CC(NCc1cncn1C1CC1)C1CC2CCC1C2. The number of imidazole rings is 1. The van der Waals surface area contributed by atoms with Crippen LogP contribution in [0.2, 0.25) is 0 Å². The molecule has 1 N–H and O–H groups in total. The van der Waals surface area contributed by atoms with Gasteiger partial charge in [0.25, 0.3) is 0 Å². The zero-order valence-electron chi connectivity index (χ0n) is 11.9. The number of fused-ring (bicyclic) bond motifs is 2. The third-order valence-corrected chi connectivity index (χ3v) is 5.73. The predicted octanol–water partition coefficient (Wildman–Crippen LogP) is 3.13. The molecule has 1 aromatic heterocycles. The zero-order valence-corrected chi connectivity index (χ0v) is 11.9. The van der Waals surface area contributed by atoms with E-state index in [9.17, 15) is 0 Å². The Morgan fingerprint density at radius 1 is 1.32 bits per heavy atom. The number of nitrogens with one attached hydrogen (secondary N) is 1. The fourth-order valence-corrected chi connectivity index (χ4v) is 4.47. The lowest BCUT2D eigenvalue weighted by Gasteiger charge is -2.28. The van der Waals surface area contributed by atoms with Crippen LogP contribution in [0.4, 0.5) is 0 Å². The lowest BCUT2D eigenvalue weighted by Crippen LogP contribution is -2.36. The first-order valence-electron chi connectivity index (χ1n) is 8.05. The molecule has 3 heteroatoms. The van der Waals surface area contributed by atoms with Crippen molar-refractivity contribution in [3.8, 4) is 0 Å². The summed E-state index contributed by atoms with van der Waals surface area (Å²) in [6.07, 6.45) is 12.7. The van der Waals surface area contributed by atoms with Gasteiger partial charge in [-0.25, -0.2) is 4.98 Å². The molecule has 0 radical (unpaired) electrons. The molecule has 3 aliphatic rings. The van der Waals surface area contributed by atoms with Gasteiger partial charge in [0, 0.05) is 24.8 Å². The molecule has 0 aromatic carbocycles. The van der Waals surface area contributed by atoms with Crippen molar-refractivity contribution >= 4 is 0 Å². The highest BCUT2D eigenvalue weighted by Gasteiger charge is 2.41. The van der Waals surface area contributed by atoms with Gasteiger partial charge in [-0.15, -0.1) is 0 Å². The van der Waals surface area contributed by atoms with Crippen LogP contribution >= 0.6 is 0 Å². The van der Waals surface area contributed by atoms with E-state index in [1.807, 2.05) is 12.5 Å². The summed E-state index contributed by atoms with van der Waals surface area (Å²) in [5.41, 5.74) is 1.37. The molecule has 4 unspecified atom stereocenters. The summed E-state index contributed by atoms with van der Waals surface area (Å²) in [6.45, 7) is 3.38. The van der Waals surface area contributed by atoms with Gasteiger partial charge in [0.2, 0.25) is 0 Å². The third kappa shape index (κ3) is 2.22. The molecule has 0 amide bonds. The first-order valence-corrected chi connectivity index (χ1v) is 8.05. The smallest absolute Gasteiger partial charge is 0.0951 e. The summed E-state index contributed by atoms with van der Waals surface area (Å²) >= 11 is 0. The van der Waals surface area contributed by atoms with Crippen LogP contribution in [-0.4, -0.2) is 15.6 Å². The van der Waals surface area contributed by atoms with E-state index in [-0.39, 0.29) is 0 Å². The van der Waals surface area contributed by atoms with E-state index in [1.165, 1.54) is 44.2 Å². The fourth-order valence-electron chi connectivity index (χ4n) is 4.47. The van der Waals surface area contributed by atoms with Crippen LogP contribution < -0.4 is 5.32 Å². The van der Waals surface area contributed by atoms with Crippen LogP contribution in [-0.2, 0) is 6.54 Å². The highest BCUT2D eigenvalue weighted by Crippen LogP contribution is 2.49. The Bertz CT molecular complexity index is 449. The Morgan fingerprint density at radius 2 is 2.21 bits per heavy atom. The van der Waals surface area contributed by atoms with E-state index in [4.69, 9.17) is 0 Å². The van der Waals surface area contributed by atoms with Gasteiger partial charge in [0.1, 0.15) is 0 Å². The largest absolute Gasteiger partial charge is 0.330 e. The molecule has 19 heavy (non-hydrogen) atoms. The Kier molecular flexibility index (Phi) is 2.91. The summed E-state index contributed by atoms with van der Waals surface area (Å²) in [5.74, 6) is 2.99. The third-order valence-electron chi connectivity index (χ3n) is 5.73. The zero-order chi connectivity index (χ0) is 12.8. The van der Waals surface area contributed by atoms with Gasteiger partial charge in [0.15, 0.2) is 0 Å². The van der Waals surface area contributed by atoms with Gasteiger partial charge < -0.3 is 9.88 Å². The van der Waals surface area contributed by atoms with E-state index < -0.39 is 0 Å².